The van der Waals surface area contributed by atoms with E-state index in [4.69, 9.17) is 14.7 Å². The second kappa shape index (κ2) is 7.25. The Labute approximate surface area is 119 Å². The van der Waals surface area contributed by atoms with Crippen molar-refractivity contribution in [3.05, 3.63) is 29.8 Å². The van der Waals surface area contributed by atoms with Gasteiger partial charge < -0.3 is 14.6 Å². The number of ether oxygens (including phenoxy) is 2. The van der Waals surface area contributed by atoms with Crippen molar-refractivity contribution in [2.75, 3.05) is 33.4 Å². The molecule has 0 aromatic heterocycles. The van der Waals surface area contributed by atoms with Crippen LogP contribution in [-0.4, -0.2) is 55.6 Å². The highest BCUT2D eigenvalue weighted by molar-refractivity contribution is 5.36. The normalized spacial score (nSPS) is 20.6. The van der Waals surface area contributed by atoms with E-state index in [1.165, 1.54) is 0 Å². The van der Waals surface area contributed by atoms with Gasteiger partial charge in [-0.25, -0.2) is 0 Å². The van der Waals surface area contributed by atoms with Gasteiger partial charge in [-0.1, -0.05) is 6.07 Å². The van der Waals surface area contributed by atoms with Crippen LogP contribution in [0, 0.1) is 11.3 Å². The van der Waals surface area contributed by atoms with Gasteiger partial charge in [-0.3, -0.25) is 4.90 Å². The van der Waals surface area contributed by atoms with Crippen molar-refractivity contribution in [3.8, 4) is 11.8 Å². The van der Waals surface area contributed by atoms with Crippen molar-refractivity contribution >= 4 is 0 Å². The zero-order valence-electron chi connectivity index (χ0n) is 11.7. The molecular weight excluding hydrogens is 256 g/mol. The molecule has 1 heterocycles. The summed E-state index contributed by atoms with van der Waals surface area (Å²) < 4.78 is 10.8. The van der Waals surface area contributed by atoms with E-state index in [1.807, 2.05) is 0 Å². The summed E-state index contributed by atoms with van der Waals surface area (Å²) in [5, 5.41) is 18.8. The number of likely N-dealkylation sites (tertiary alicyclic amines) is 1. The number of nitrogens with zero attached hydrogens (tertiary/aromatic N) is 2. The maximum Gasteiger partial charge on any atom is 0.120 e. The maximum atomic E-state index is 9.98. The van der Waals surface area contributed by atoms with Gasteiger partial charge in [0, 0.05) is 26.7 Å². The molecule has 0 bridgehead atoms. The van der Waals surface area contributed by atoms with Crippen LogP contribution in [0.5, 0.6) is 5.75 Å². The molecule has 0 aliphatic carbocycles. The molecule has 1 aliphatic heterocycles. The Morgan fingerprint density at radius 3 is 3.10 bits per heavy atom. The molecule has 1 aliphatic rings. The van der Waals surface area contributed by atoms with Gasteiger partial charge in [0.1, 0.15) is 18.5 Å². The van der Waals surface area contributed by atoms with E-state index in [0.29, 0.717) is 17.9 Å². The van der Waals surface area contributed by atoms with Gasteiger partial charge in [-0.15, -0.1) is 0 Å². The SMILES string of the molecule is COC1CCN(CC(O)COc2cccc(C#N)c2)C1. The smallest absolute Gasteiger partial charge is 0.120 e. The van der Waals surface area contributed by atoms with Crippen molar-refractivity contribution in [1.29, 1.82) is 5.26 Å². The van der Waals surface area contributed by atoms with Crippen LogP contribution in [0.4, 0.5) is 0 Å². The lowest BCUT2D eigenvalue weighted by atomic mass is 10.2. The second-order valence-electron chi connectivity index (χ2n) is 5.01. The third-order valence-electron chi connectivity index (χ3n) is 3.44. The van der Waals surface area contributed by atoms with Crippen molar-refractivity contribution in [2.45, 2.75) is 18.6 Å². The van der Waals surface area contributed by atoms with Crippen molar-refractivity contribution in [2.24, 2.45) is 0 Å². The Balaban J connectivity index is 1.75. The Bertz CT molecular complexity index is 472. The number of aliphatic hydroxyl groups excluding tert-OH is 1. The number of methoxy groups -OCH3 is 1. The lowest BCUT2D eigenvalue weighted by Gasteiger charge is -2.20. The fourth-order valence-corrected chi connectivity index (χ4v) is 2.35. The number of hydrogen-bond donors (Lipinski definition) is 1. The molecule has 0 radical (unpaired) electrons. The second-order valence-corrected chi connectivity index (χ2v) is 5.01. The van der Waals surface area contributed by atoms with Gasteiger partial charge in [0.05, 0.1) is 17.7 Å². The molecule has 1 aromatic carbocycles. The molecule has 108 valence electrons. The van der Waals surface area contributed by atoms with E-state index in [-0.39, 0.29) is 12.7 Å². The lowest BCUT2D eigenvalue weighted by molar-refractivity contribution is 0.0642. The topological polar surface area (TPSA) is 65.7 Å². The van der Waals surface area contributed by atoms with Gasteiger partial charge in [0.25, 0.3) is 0 Å². The molecule has 1 N–H and O–H groups in total. The van der Waals surface area contributed by atoms with Gasteiger partial charge in [-0.05, 0) is 24.6 Å². The minimum Gasteiger partial charge on any atom is -0.491 e. The number of rotatable bonds is 6. The van der Waals surface area contributed by atoms with Gasteiger partial charge in [0.15, 0.2) is 0 Å². The Morgan fingerprint density at radius 1 is 1.55 bits per heavy atom. The fraction of sp³-hybridized carbons (Fsp3) is 0.533. The van der Waals surface area contributed by atoms with E-state index in [0.717, 1.165) is 19.5 Å². The summed E-state index contributed by atoms with van der Waals surface area (Å²) in [4.78, 5) is 2.17. The highest BCUT2D eigenvalue weighted by Crippen LogP contribution is 2.14. The maximum absolute atomic E-state index is 9.98. The van der Waals surface area contributed by atoms with Crippen molar-refractivity contribution in [3.63, 3.8) is 0 Å². The molecule has 1 fully saturated rings. The van der Waals surface area contributed by atoms with Crippen LogP contribution in [-0.2, 0) is 4.74 Å². The summed E-state index contributed by atoms with van der Waals surface area (Å²) in [6.07, 6.45) is 0.737. The van der Waals surface area contributed by atoms with Gasteiger partial charge >= 0.3 is 0 Å². The molecule has 0 saturated carbocycles. The first-order chi connectivity index (χ1) is 9.71. The average Bonchev–Trinajstić information content (AvgIpc) is 2.93. The Hall–Kier alpha value is -1.61. The van der Waals surface area contributed by atoms with Gasteiger partial charge in [0.2, 0.25) is 0 Å². The lowest BCUT2D eigenvalue weighted by Crippen LogP contribution is -2.34. The molecular formula is C15H20N2O3. The number of benzene rings is 1. The summed E-state index contributed by atoms with van der Waals surface area (Å²) >= 11 is 0. The van der Waals surface area contributed by atoms with Crippen LogP contribution >= 0.6 is 0 Å². The molecule has 5 heteroatoms. The van der Waals surface area contributed by atoms with E-state index in [9.17, 15) is 5.11 Å². The third kappa shape index (κ3) is 4.20. The monoisotopic (exact) mass is 276 g/mol. The molecule has 0 spiro atoms. The highest BCUT2D eigenvalue weighted by Gasteiger charge is 2.23. The zero-order chi connectivity index (χ0) is 14.4. The third-order valence-corrected chi connectivity index (χ3v) is 3.44. The molecule has 2 unspecified atom stereocenters. The molecule has 0 amide bonds. The molecule has 2 rings (SSSR count). The summed E-state index contributed by atoms with van der Waals surface area (Å²) in [6.45, 7) is 2.61. The minimum absolute atomic E-state index is 0.225. The van der Waals surface area contributed by atoms with Crippen LogP contribution in [0.25, 0.3) is 0 Å². The first-order valence-electron chi connectivity index (χ1n) is 6.77. The number of hydrogen-bond acceptors (Lipinski definition) is 5. The van der Waals surface area contributed by atoms with Crippen LogP contribution in [0.15, 0.2) is 24.3 Å². The zero-order valence-corrected chi connectivity index (χ0v) is 11.7. The molecule has 5 nitrogen and oxygen atoms in total. The first kappa shape index (κ1) is 14.8. The van der Waals surface area contributed by atoms with E-state index in [2.05, 4.69) is 11.0 Å². The van der Waals surface area contributed by atoms with Crippen LogP contribution in [0.1, 0.15) is 12.0 Å². The predicted octanol–water partition coefficient (Wildman–Crippen LogP) is 1.02. The van der Waals surface area contributed by atoms with Crippen molar-refractivity contribution < 1.29 is 14.6 Å². The van der Waals surface area contributed by atoms with Crippen LogP contribution in [0.2, 0.25) is 0 Å². The summed E-state index contributed by atoms with van der Waals surface area (Å²) in [7, 11) is 1.72. The van der Waals surface area contributed by atoms with E-state index < -0.39 is 6.10 Å². The number of β-amino-alcohol motifs (C(OH)–C–C–N with tert-alkyl or cyclic N) is 1. The highest BCUT2D eigenvalue weighted by atomic mass is 16.5. The molecule has 20 heavy (non-hydrogen) atoms. The van der Waals surface area contributed by atoms with Crippen LogP contribution < -0.4 is 4.74 Å². The standard InChI is InChI=1S/C15H20N2O3/c1-19-15-5-6-17(10-15)9-13(18)11-20-14-4-2-3-12(7-14)8-16/h2-4,7,13,15,18H,5-6,9-11H2,1H3. The average molecular weight is 276 g/mol. The van der Waals surface area contributed by atoms with E-state index >= 15 is 0 Å². The summed E-state index contributed by atoms with van der Waals surface area (Å²) in [5.74, 6) is 0.610. The summed E-state index contributed by atoms with van der Waals surface area (Å²) in [6, 6.07) is 9.00. The molecule has 1 aromatic rings. The quantitative estimate of drug-likeness (QED) is 0.840. The van der Waals surface area contributed by atoms with Crippen LogP contribution in [0.3, 0.4) is 0 Å². The number of nitriles is 1. The van der Waals surface area contributed by atoms with Crippen molar-refractivity contribution in [1.82, 2.24) is 4.90 Å². The first-order valence-corrected chi connectivity index (χ1v) is 6.77. The fourth-order valence-electron chi connectivity index (χ4n) is 2.35. The largest absolute Gasteiger partial charge is 0.491 e. The Morgan fingerprint density at radius 2 is 2.40 bits per heavy atom. The molecule has 2 atom stereocenters. The summed E-state index contributed by atoms with van der Waals surface area (Å²) in [5.41, 5.74) is 0.555. The molecule has 1 saturated heterocycles. The minimum atomic E-state index is -0.545. The predicted molar refractivity (Wildman–Crippen MR) is 74.5 cm³/mol. The Kier molecular flexibility index (Phi) is 5.36. The van der Waals surface area contributed by atoms with E-state index in [1.54, 1.807) is 31.4 Å². The van der Waals surface area contributed by atoms with Gasteiger partial charge in [-0.2, -0.15) is 5.26 Å². The number of aliphatic hydroxyl groups is 1.